The van der Waals surface area contributed by atoms with Crippen molar-refractivity contribution in [3.63, 3.8) is 0 Å². The Labute approximate surface area is 80.9 Å². The Bertz CT molecular complexity index is 350. The Hall–Kier alpha value is -1.45. The van der Waals surface area contributed by atoms with Crippen LogP contribution in [0.1, 0.15) is 18.5 Å². The van der Waals surface area contributed by atoms with E-state index in [0.29, 0.717) is 0 Å². The highest BCUT2D eigenvalue weighted by molar-refractivity contribution is 5.74. The van der Waals surface area contributed by atoms with Crippen LogP contribution in [-0.4, -0.2) is 11.0 Å². The third-order valence-corrected chi connectivity index (χ3v) is 2.10. The van der Waals surface area contributed by atoms with E-state index in [1.807, 2.05) is 0 Å². The Kier molecular flexibility index (Phi) is 2.43. The van der Waals surface area contributed by atoms with Crippen molar-refractivity contribution in [1.29, 1.82) is 0 Å². The number of pyridine rings is 1. The predicted molar refractivity (Wildman–Crippen MR) is 46.7 cm³/mol. The summed E-state index contributed by atoms with van der Waals surface area (Å²) < 4.78 is 17.9. The van der Waals surface area contributed by atoms with E-state index in [1.165, 1.54) is 18.3 Å². The summed E-state index contributed by atoms with van der Waals surface area (Å²) in [6, 6.07) is 2.80. The largest absolute Gasteiger partial charge is 0.459 e. The lowest BCUT2D eigenvalue weighted by Crippen LogP contribution is -2.08. The van der Waals surface area contributed by atoms with Gasteiger partial charge in [0.15, 0.2) is 0 Å². The molecule has 1 aromatic heterocycles. The molecule has 1 aliphatic rings. The van der Waals surface area contributed by atoms with Crippen LogP contribution in [0.3, 0.4) is 0 Å². The van der Waals surface area contributed by atoms with Crippen LogP contribution >= 0.6 is 0 Å². The molecular formula is C10H10FNO2. The topological polar surface area (TPSA) is 39.2 Å². The van der Waals surface area contributed by atoms with Crippen molar-refractivity contribution < 1.29 is 13.9 Å². The van der Waals surface area contributed by atoms with Crippen LogP contribution in [-0.2, 0) is 16.1 Å². The van der Waals surface area contributed by atoms with Crippen molar-refractivity contribution in [3.05, 3.63) is 29.8 Å². The normalized spacial score (nSPS) is 15.2. The van der Waals surface area contributed by atoms with Gasteiger partial charge in [0, 0.05) is 6.20 Å². The van der Waals surface area contributed by atoms with Crippen molar-refractivity contribution in [2.24, 2.45) is 5.92 Å². The molecule has 0 bridgehead atoms. The number of carbonyl (C=O) groups is 1. The standard InChI is InChI=1S/C10H10FNO2/c11-8-2-1-5-12-9(8)6-14-10(13)7-3-4-7/h1-2,5,7H,3-4,6H2. The van der Waals surface area contributed by atoms with Gasteiger partial charge in [0.1, 0.15) is 18.1 Å². The van der Waals surface area contributed by atoms with Gasteiger partial charge in [-0.15, -0.1) is 0 Å². The molecule has 0 aromatic carbocycles. The molecule has 1 saturated carbocycles. The monoisotopic (exact) mass is 195 g/mol. The fourth-order valence-corrected chi connectivity index (χ4v) is 1.10. The van der Waals surface area contributed by atoms with Crippen molar-refractivity contribution in [3.8, 4) is 0 Å². The van der Waals surface area contributed by atoms with E-state index in [4.69, 9.17) is 4.74 Å². The second-order valence-corrected chi connectivity index (χ2v) is 3.31. The molecule has 0 aliphatic heterocycles. The Balaban J connectivity index is 1.91. The molecule has 14 heavy (non-hydrogen) atoms. The Morgan fingerprint density at radius 2 is 2.43 bits per heavy atom. The lowest BCUT2D eigenvalue weighted by Gasteiger charge is -2.03. The summed E-state index contributed by atoms with van der Waals surface area (Å²) >= 11 is 0. The minimum atomic E-state index is -0.434. The zero-order chi connectivity index (χ0) is 9.97. The summed E-state index contributed by atoms with van der Waals surface area (Å²) in [5.41, 5.74) is 0.182. The van der Waals surface area contributed by atoms with Crippen LogP contribution < -0.4 is 0 Å². The average Bonchev–Trinajstić information content (AvgIpc) is 2.99. The molecule has 2 rings (SSSR count). The van der Waals surface area contributed by atoms with Crippen LogP contribution in [0.2, 0.25) is 0 Å². The first kappa shape index (κ1) is 9.12. The fourth-order valence-electron chi connectivity index (χ4n) is 1.10. The minimum absolute atomic E-state index is 0.0433. The molecule has 1 aliphatic carbocycles. The van der Waals surface area contributed by atoms with Crippen LogP contribution in [0.4, 0.5) is 4.39 Å². The van der Waals surface area contributed by atoms with Crippen LogP contribution in [0.25, 0.3) is 0 Å². The molecule has 0 radical (unpaired) electrons. The lowest BCUT2D eigenvalue weighted by molar-refractivity contribution is -0.146. The van der Waals surface area contributed by atoms with Gasteiger partial charge in [-0.1, -0.05) is 0 Å². The Morgan fingerprint density at radius 1 is 1.64 bits per heavy atom. The SMILES string of the molecule is O=C(OCc1ncccc1F)C1CC1. The highest BCUT2D eigenvalue weighted by Crippen LogP contribution is 2.30. The van der Waals surface area contributed by atoms with E-state index in [0.717, 1.165) is 12.8 Å². The molecular weight excluding hydrogens is 185 g/mol. The summed E-state index contributed by atoms with van der Waals surface area (Å²) in [6.45, 7) is -0.0675. The highest BCUT2D eigenvalue weighted by atomic mass is 19.1. The van der Waals surface area contributed by atoms with E-state index in [-0.39, 0.29) is 24.2 Å². The lowest BCUT2D eigenvalue weighted by atomic mass is 10.3. The van der Waals surface area contributed by atoms with Crippen molar-refractivity contribution in [2.75, 3.05) is 0 Å². The van der Waals surface area contributed by atoms with Gasteiger partial charge >= 0.3 is 5.97 Å². The average molecular weight is 195 g/mol. The quantitative estimate of drug-likeness (QED) is 0.689. The number of aromatic nitrogens is 1. The first-order valence-electron chi connectivity index (χ1n) is 4.53. The van der Waals surface area contributed by atoms with Gasteiger partial charge < -0.3 is 4.74 Å². The Morgan fingerprint density at radius 3 is 3.07 bits per heavy atom. The number of hydrogen-bond acceptors (Lipinski definition) is 3. The summed E-state index contributed by atoms with van der Waals surface area (Å²) in [5.74, 6) is -0.632. The van der Waals surface area contributed by atoms with Gasteiger partial charge in [-0.25, -0.2) is 4.39 Å². The van der Waals surface area contributed by atoms with Crippen molar-refractivity contribution in [2.45, 2.75) is 19.4 Å². The zero-order valence-electron chi connectivity index (χ0n) is 7.57. The van der Waals surface area contributed by atoms with Crippen LogP contribution in [0.15, 0.2) is 18.3 Å². The van der Waals surface area contributed by atoms with Gasteiger partial charge in [-0.05, 0) is 25.0 Å². The molecule has 0 N–H and O–H groups in total. The minimum Gasteiger partial charge on any atom is -0.459 e. The maximum Gasteiger partial charge on any atom is 0.309 e. The summed E-state index contributed by atoms with van der Waals surface area (Å²) in [6.07, 6.45) is 3.26. The molecule has 4 heteroatoms. The second-order valence-electron chi connectivity index (χ2n) is 3.31. The first-order chi connectivity index (χ1) is 6.77. The van der Waals surface area contributed by atoms with E-state index in [9.17, 15) is 9.18 Å². The number of esters is 1. The van der Waals surface area contributed by atoms with E-state index < -0.39 is 5.82 Å². The fraction of sp³-hybridized carbons (Fsp3) is 0.400. The number of rotatable bonds is 3. The maximum absolute atomic E-state index is 13.0. The molecule has 0 spiro atoms. The predicted octanol–water partition coefficient (Wildman–Crippen LogP) is 1.67. The molecule has 0 saturated heterocycles. The van der Waals surface area contributed by atoms with E-state index in [2.05, 4.69) is 4.98 Å². The van der Waals surface area contributed by atoms with Gasteiger partial charge in [0.2, 0.25) is 0 Å². The number of carbonyl (C=O) groups excluding carboxylic acids is 1. The highest BCUT2D eigenvalue weighted by Gasteiger charge is 2.31. The van der Waals surface area contributed by atoms with Gasteiger partial charge in [-0.2, -0.15) is 0 Å². The van der Waals surface area contributed by atoms with Gasteiger partial charge in [-0.3, -0.25) is 9.78 Å². The van der Waals surface area contributed by atoms with Gasteiger partial charge in [0.05, 0.1) is 5.92 Å². The summed E-state index contributed by atoms with van der Waals surface area (Å²) in [4.78, 5) is 14.9. The molecule has 1 fully saturated rings. The second kappa shape index (κ2) is 3.74. The molecule has 1 heterocycles. The summed E-state index contributed by atoms with van der Waals surface area (Å²) in [7, 11) is 0. The van der Waals surface area contributed by atoms with Crippen LogP contribution in [0, 0.1) is 11.7 Å². The number of ether oxygens (including phenoxy) is 1. The maximum atomic E-state index is 13.0. The smallest absolute Gasteiger partial charge is 0.309 e. The van der Waals surface area contributed by atoms with E-state index in [1.54, 1.807) is 0 Å². The first-order valence-corrected chi connectivity index (χ1v) is 4.53. The number of nitrogens with zero attached hydrogens (tertiary/aromatic N) is 1. The van der Waals surface area contributed by atoms with Crippen molar-refractivity contribution in [1.82, 2.24) is 4.98 Å². The molecule has 1 aromatic rings. The third-order valence-electron chi connectivity index (χ3n) is 2.10. The number of halogens is 1. The molecule has 0 atom stereocenters. The number of hydrogen-bond donors (Lipinski definition) is 0. The molecule has 3 nitrogen and oxygen atoms in total. The summed E-state index contributed by atoms with van der Waals surface area (Å²) in [5, 5.41) is 0. The van der Waals surface area contributed by atoms with E-state index >= 15 is 0 Å². The molecule has 0 amide bonds. The molecule has 74 valence electrons. The van der Waals surface area contributed by atoms with Gasteiger partial charge in [0.25, 0.3) is 0 Å². The van der Waals surface area contributed by atoms with Crippen molar-refractivity contribution >= 4 is 5.97 Å². The van der Waals surface area contributed by atoms with Crippen LogP contribution in [0.5, 0.6) is 0 Å². The molecule has 0 unspecified atom stereocenters. The third kappa shape index (κ3) is 2.07. The zero-order valence-corrected chi connectivity index (χ0v) is 7.57.